The molecule has 9 nitrogen and oxygen atoms in total. The van der Waals surface area contributed by atoms with Crippen LogP contribution in [0, 0.1) is 17.0 Å². The molecule has 1 aromatic rings. The van der Waals surface area contributed by atoms with Crippen LogP contribution in [0.3, 0.4) is 0 Å². The number of esters is 1. The number of hydrogen-bond acceptors (Lipinski definition) is 7. The van der Waals surface area contributed by atoms with Gasteiger partial charge in [0.15, 0.2) is 5.78 Å². The van der Waals surface area contributed by atoms with Crippen molar-refractivity contribution in [3.63, 3.8) is 0 Å². The maximum atomic E-state index is 12.7. The number of carbonyl (C=O) groups is 3. The molecule has 1 aliphatic carbocycles. The summed E-state index contributed by atoms with van der Waals surface area (Å²) in [6.45, 7) is 5.03. The summed E-state index contributed by atoms with van der Waals surface area (Å²) in [5.74, 6) is -0.463. The van der Waals surface area contributed by atoms with Crippen molar-refractivity contribution in [3.8, 4) is 5.75 Å². The van der Waals surface area contributed by atoms with E-state index in [2.05, 4.69) is 0 Å². The van der Waals surface area contributed by atoms with Gasteiger partial charge in [-0.3, -0.25) is 24.5 Å². The Morgan fingerprint density at radius 3 is 2.42 bits per heavy atom. The zero-order chi connectivity index (χ0) is 23.0. The Labute approximate surface area is 181 Å². The number of nitro groups is 1. The molecule has 31 heavy (non-hydrogen) atoms. The third-order valence-corrected chi connectivity index (χ3v) is 5.36. The molecular weight excluding hydrogens is 404 g/mol. The fourth-order valence-electron chi connectivity index (χ4n) is 3.99. The number of benzene rings is 1. The first-order valence-electron chi connectivity index (χ1n) is 10.6. The number of nitrogens with zero attached hydrogens (tertiary/aromatic N) is 2. The molecule has 0 radical (unpaired) electrons. The minimum Gasteiger partial charge on any atom is -0.493 e. The van der Waals surface area contributed by atoms with Crippen LogP contribution in [0.5, 0.6) is 5.75 Å². The second-order valence-corrected chi connectivity index (χ2v) is 7.77. The van der Waals surface area contributed by atoms with Gasteiger partial charge in [0.1, 0.15) is 12.4 Å². The molecule has 170 valence electrons. The third-order valence-electron chi connectivity index (χ3n) is 5.36. The van der Waals surface area contributed by atoms with Gasteiger partial charge in [-0.05, 0) is 44.7 Å². The van der Waals surface area contributed by atoms with E-state index in [1.165, 1.54) is 19.9 Å². The van der Waals surface area contributed by atoms with Crippen LogP contribution in [0.2, 0.25) is 0 Å². The van der Waals surface area contributed by atoms with Gasteiger partial charge in [0.25, 0.3) is 5.69 Å². The summed E-state index contributed by atoms with van der Waals surface area (Å²) in [7, 11) is 0. The molecule has 2 rings (SSSR count). The van der Waals surface area contributed by atoms with Crippen LogP contribution in [0.15, 0.2) is 12.1 Å². The fraction of sp³-hybridized carbons (Fsp3) is 0.591. The molecule has 0 heterocycles. The Kier molecular flexibility index (Phi) is 8.96. The van der Waals surface area contributed by atoms with Gasteiger partial charge in [0.2, 0.25) is 5.91 Å². The minimum absolute atomic E-state index is 0.0169. The Hall–Kier alpha value is -2.97. The molecule has 1 fully saturated rings. The highest BCUT2D eigenvalue weighted by Crippen LogP contribution is 2.29. The zero-order valence-electron chi connectivity index (χ0n) is 18.3. The monoisotopic (exact) mass is 434 g/mol. The quantitative estimate of drug-likeness (QED) is 0.172. The number of Topliss-reactive ketones (excluding diaryl/α,β-unsaturated/α-hetero) is 1. The van der Waals surface area contributed by atoms with E-state index in [-0.39, 0.29) is 54.6 Å². The predicted octanol–water partition coefficient (Wildman–Crippen LogP) is 3.60. The number of carbonyl (C=O) groups excluding carboxylic acids is 3. The van der Waals surface area contributed by atoms with Gasteiger partial charge in [0, 0.05) is 19.4 Å². The maximum Gasteiger partial charge on any atom is 0.302 e. The van der Waals surface area contributed by atoms with Crippen LogP contribution in [0.1, 0.15) is 68.3 Å². The van der Waals surface area contributed by atoms with Gasteiger partial charge >= 0.3 is 5.97 Å². The third kappa shape index (κ3) is 7.04. The largest absolute Gasteiger partial charge is 0.493 e. The summed E-state index contributed by atoms with van der Waals surface area (Å²) in [6.07, 6.45) is 4.78. The summed E-state index contributed by atoms with van der Waals surface area (Å²) < 4.78 is 10.6. The highest BCUT2D eigenvalue weighted by Gasteiger charge is 2.26. The fourth-order valence-corrected chi connectivity index (χ4v) is 3.99. The van der Waals surface area contributed by atoms with Crippen molar-refractivity contribution in [2.45, 2.75) is 65.3 Å². The van der Waals surface area contributed by atoms with Gasteiger partial charge in [0.05, 0.1) is 29.7 Å². The Morgan fingerprint density at radius 2 is 1.84 bits per heavy atom. The highest BCUT2D eigenvalue weighted by atomic mass is 16.6. The van der Waals surface area contributed by atoms with E-state index in [9.17, 15) is 24.5 Å². The van der Waals surface area contributed by atoms with Crippen molar-refractivity contribution in [2.24, 2.45) is 0 Å². The summed E-state index contributed by atoms with van der Waals surface area (Å²) >= 11 is 0. The average Bonchev–Trinajstić information content (AvgIpc) is 3.21. The van der Waals surface area contributed by atoms with Crippen molar-refractivity contribution >= 4 is 23.3 Å². The van der Waals surface area contributed by atoms with Gasteiger partial charge < -0.3 is 14.4 Å². The van der Waals surface area contributed by atoms with E-state index in [4.69, 9.17) is 9.47 Å². The highest BCUT2D eigenvalue weighted by molar-refractivity contribution is 5.99. The number of amides is 1. The Bertz CT molecular complexity index is 831. The van der Waals surface area contributed by atoms with E-state index in [1.807, 2.05) is 0 Å². The molecule has 1 aliphatic rings. The number of rotatable bonds is 11. The van der Waals surface area contributed by atoms with Gasteiger partial charge in [-0.25, -0.2) is 0 Å². The number of nitro benzene ring substituents is 1. The number of hydrogen-bond donors (Lipinski definition) is 0. The molecule has 0 atom stereocenters. The topological polar surface area (TPSA) is 116 Å². The normalized spacial score (nSPS) is 13.6. The lowest BCUT2D eigenvalue weighted by Crippen LogP contribution is -2.41. The van der Waals surface area contributed by atoms with Crippen molar-refractivity contribution in [2.75, 3.05) is 19.8 Å². The van der Waals surface area contributed by atoms with Crippen molar-refractivity contribution in [3.05, 3.63) is 33.4 Å². The summed E-state index contributed by atoms with van der Waals surface area (Å²) in [5.41, 5.74) is 0.273. The first-order chi connectivity index (χ1) is 14.7. The number of ketones is 1. The van der Waals surface area contributed by atoms with Gasteiger partial charge in [-0.2, -0.15) is 0 Å². The predicted molar refractivity (Wildman–Crippen MR) is 113 cm³/mol. The van der Waals surface area contributed by atoms with E-state index in [0.29, 0.717) is 24.3 Å². The molecule has 1 saturated carbocycles. The average molecular weight is 434 g/mol. The second-order valence-electron chi connectivity index (χ2n) is 7.77. The van der Waals surface area contributed by atoms with Gasteiger partial charge in [-0.1, -0.05) is 12.8 Å². The molecule has 0 spiro atoms. The molecule has 0 unspecified atom stereocenters. The molecule has 9 heteroatoms. The SMILES string of the molecule is CC(=O)OCCN(C(=O)CCCOc1cc(C)c(C(C)=O)c([N+](=O)[O-])c1)C1CCCC1. The van der Waals surface area contributed by atoms with E-state index >= 15 is 0 Å². The molecule has 0 saturated heterocycles. The van der Waals surface area contributed by atoms with E-state index in [1.54, 1.807) is 17.9 Å². The molecule has 0 bridgehead atoms. The molecule has 0 aromatic heterocycles. The lowest BCUT2D eigenvalue weighted by atomic mass is 10.0. The van der Waals surface area contributed by atoms with Crippen LogP contribution in [0.4, 0.5) is 5.69 Å². The maximum absolute atomic E-state index is 12.7. The van der Waals surface area contributed by atoms with Gasteiger partial charge in [-0.15, -0.1) is 0 Å². The Balaban J connectivity index is 1.92. The van der Waals surface area contributed by atoms with Crippen molar-refractivity contribution in [1.82, 2.24) is 4.90 Å². The lowest BCUT2D eigenvalue weighted by Gasteiger charge is -2.29. The van der Waals surface area contributed by atoms with Crippen LogP contribution in [-0.2, 0) is 14.3 Å². The van der Waals surface area contributed by atoms with Crippen LogP contribution in [0.25, 0.3) is 0 Å². The summed E-state index contributed by atoms with van der Waals surface area (Å²) in [4.78, 5) is 48.0. The van der Waals surface area contributed by atoms with Crippen molar-refractivity contribution < 1.29 is 28.8 Å². The van der Waals surface area contributed by atoms with Crippen LogP contribution >= 0.6 is 0 Å². The standard InChI is InChI=1S/C22H30N2O7/c1-15-13-19(14-20(24(28)29)22(15)16(2)25)31-11-6-9-21(27)23(10-12-30-17(3)26)18-7-4-5-8-18/h13-14,18H,4-12H2,1-3H3. The van der Waals surface area contributed by atoms with E-state index < -0.39 is 4.92 Å². The van der Waals surface area contributed by atoms with Crippen LogP contribution < -0.4 is 4.74 Å². The lowest BCUT2D eigenvalue weighted by molar-refractivity contribution is -0.385. The smallest absolute Gasteiger partial charge is 0.302 e. The summed E-state index contributed by atoms with van der Waals surface area (Å²) in [6, 6.07) is 3.01. The number of ether oxygens (including phenoxy) is 2. The first kappa shape index (κ1) is 24.3. The molecule has 1 aromatic carbocycles. The van der Waals surface area contributed by atoms with Crippen molar-refractivity contribution in [1.29, 1.82) is 0 Å². The minimum atomic E-state index is -0.595. The zero-order valence-corrected chi connectivity index (χ0v) is 18.3. The number of aryl methyl sites for hydroxylation is 1. The molecule has 0 N–H and O–H groups in total. The first-order valence-corrected chi connectivity index (χ1v) is 10.6. The van der Waals surface area contributed by atoms with E-state index in [0.717, 1.165) is 25.7 Å². The molecule has 0 aliphatic heterocycles. The molecular formula is C22H30N2O7. The van der Waals surface area contributed by atoms with Crippen LogP contribution in [-0.4, -0.2) is 53.3 Å². The molecule has 1 amide bonds. The second kappa shape index (κ2) is 11.4. The summed E-state index contributed by atoms with van der Waals surface area (Å²) in [5, 5.41) is 11.3. The Morgan fingerprint density at radius 1 is 1.16 bits per heavy atom.